The van der Waals surface area contributed by atoms with Gasteiger partial charge in [-0.05, 0) is 34.2 Å². The minimum absolute atomic E-state index is 0.0779. The van der Waals surface area contributed by atoms with Crippen LogP contribution in [0.25, 0.3) is 5.57 Å². The third kappa shape index (κ3) is 6.06. The van der Waals surface area contributed by atoms with E-state index in [0.29, 0.717) is 30.8 Å². The number of rotatable bonds is 10. The van der Waals surface area contributed by atoms with E-state index < -0.39 is 17.8 Å². The van der Waals surface area contributed by atoms with Crippen LogP contribution in [0.1, 0.15) is 57.8 Å². The highest BCUT2D eigenvalue weighted by Crippen LogP contribution is 2.33. The van der Waals surface area contributed by atoms with Gasteiger partial charge in [0.2, 0.25) is 5.91 Å². The number of nitrogens with zero attached hydrogens (tertiary/aromatic N) is 3. The molecule has 1 atom stereocenters. The first-order valence-corrected chi connectivity index (χ1v) is 14.4. The van der Waals surface area contributed by atoms with Crippen molar-refractivity contribution < 1.29 is 19.5 Å². The lowest BCUT2D eigenvalue weighted by molar-refractivity contribution is -0.141. The molecule has 1 aliphatic rings. The van der Waals surface area contributed by atoms with Crippen LogP contribution in [0, 0.1) is 5.92 Å². The zero-order valence-electron chi connectivity index (χ0n) is 23.3. The van der Waals surface area contributed by atoms with Crippen molar-refractivity contribution in [2.75, 3.05) is 13.1 Å². The number of carboxylic acids is 1. The molecule has 0 saturated heterocycles. The molecule has 7 nitrogen and oxygen atoms in total. The quantitative estimate of drug-likeness (QED) is 0.228. The van der Waals surface area contributed by atoms with E-state index in [-0.39, 0.29) is 17.6 Å². The molecule has 0 fully saturated rings. The van der Waals surface area contributed by atoms with Crippen molar-refractivity contribution in [3.63, 3.8) is 0 Å². The summed E-state index contributed by atoms with van der Waals surface area (Å²) in [7, 11) is 0. The van der Waals surface area contributed by atoms with E-state index in [1.165, 1.54) is 0 Å². The molecular weight excluding hydrogens is 550 g/mol. The van der Waals surface area contributed by atoms with E-state index in [4.69, 9.17) is 11.6 Å². The number of aromatic nitrogens is 2. The Morgan fingerprint density at radius 2 is 1.62 bits per heavy atom. The van der Waals surface area contributed by atoms with Gasteiger partial charge in [0, 0.05) is 26.1 Å². The zero-order chi connectivity index (χ0) is 29.6. The summed E-state index contributed by atoms with van der Waals surface area (Å²) in [5, 5.41) is 10.4. The van der Waals surface area contributed by atoms with Gasteiger partial charge in [-0.25, -0.2) is 4.98 Å². The van der Waals surface area contributed by atoms with Crippen LogP contribution in [0.15, 0.2) is 91.0 Å². The zero-order valence-corrected chi connectivity index (χ0v) is 24.1. The number of carbonyl (C=O) groups excluding carboxylic acids is 2. The number of hydrogen-bond acceptors (Lipinski definition) is 4. The van der Waals surface area contributed by atoms with Crippen molar-refractivity contribution in [1.29, 1.82) is 0 Å². The normalized spacial score (nSPS) is 15.0. The van der Waals surface area contributed by atoms with Crippen LogP contribution in [0.2, 0.25) is 5.15 Å². The van der Waals surface area contributed by atoms with Crippen molar-refractivity contribution in [3.8, 4) is 0 Å². The van der Waals surface area contributed by atoms with Gasteiger partial charge in [0.25, 0.3) is 0 Å². The molecule has 1 amide bonds. The lowest BCUT2D eigenvalue weighted by atomic mass is 9.86. The number of aryl methyl sites for hydroxylation is 1. The van der Waals surface area contributed by atoms with Crippen molar-refractivity contribution in [1.82, 2.24) is 14.5 Å². The molecule has 0 spiro atoms. The van der Waals surface area contributed by atoms with Crippen molar-refractivity contribution in [3.05, 3.63) is 130 Å². The molecule has 2 heterocycles. The molecule has 0 radical (unpaired) electrons. The minimum atomic E-state index is -0.980. The minimum Gasteiger partial charge on any atom is -0.481 e. The maximum atomic E-state index is 13.9. The molecule has 3 aromatic carbocycles. The van der Waals surface area contributed by atoms with Gasteiger partial charge in [-0.3, -0.25) is 14.4 Å². The highest BCUT2D eigenvalue weighted by molar-refractivity contribution is 6.31. The second-order valence-corrected chi connectivity index (χ2v) is 10.8. The average Bonchev–Trinajstić information content (AvgIpc) is 3.31. The van der Waals surface area contributed by atoms with Gasteiger partial charge >= 0.3 is 5.97 Å². The first kappa shape index (κ1) is 29.0. The van der Waals surface area contributed by atoms with E-state index in [0.717, 1.165) is 40.8 Å². The summed E-state index contributed by atoms with van der Waals surface area (Å²) in [6.45, 7) is 2.85. The van der Waals surface area contributed by atoms with Crippen LogP contribution in [0.3, 0.4) is 0 Å². The fraction of sp³-hybridized carbons (Fsp3) is 0.235. The SMILES string of the molecule is CCCc1nc(Cl)c(C=O)n1Cc1ccc(C2=CCN(C(=O)C(c3ccccc3)c3ccccc3)CC2C(=O)O)cc1. The molecule has 8 heteroatoms. The van der Waals surface area contributed by atoms with Crippen LogP contribution in [0.4, 0.5) is 0 Å². The van der Waals surface area contributed by atoms with Gasteiger partial charge in [0.05, 0.1) is 11.8 Å². The van der Waals surface area contributed by atoms with E-state index in [1.54, 1.807) is 4.90 Å². The van der Waals surface area contributed by atoms with Gasteiger partial charge in [0.1, 0.15) is 11.5 Å². The van der Waals surface area contributed by atoms with Gasteiger partial charge < -0.3 is 14.6 Å². The number of halogens is 1. The van der Waals surface area contributed by atoms with E-state index >= 15 is 0 Å². The van der Waals surface area contributed by atoms with Crippen LogP contribution in [-0.2, 0) is 22.6 Å². The molecule has 1 aliphatic heterocycles. The summed E-state index contributed by atoms with van der Waals surface area (Å²) in [5.41, 5.74) is 4.48. The van der Waals surface area contributed by atoms with E-state index in [9.17, 15) is 19.5 Å². The Labute approximate surface area is 250 Å². The molecule has 0 aliphatic carbocycles. The van der Waals surface area contributed by atoms with Gasteiger partial charge in [-0.15, -0.1) is 0 Å². The largest absolute Gasteiger partial charge is 0.481 e. The molecule has 1 aromatic heterocycles. The van der Waals surface area contributed by atoms with Gasteiger partial charge in [-0.1, -0.05) is 110 Å². The Morgan fingerprint density at radius 3 is 2.17 bits per heavy atom. The Kier molecular flexibility index (Phi) is 8.98. The third-order valence-electron chi connectivity index (χ3n) is 7.69. The van der Waals surface area contributed by atoms with Crippen molar-refractivity contribution >= 4 is 35.3 Å². The van der Waals surface area contributed by atoms with Crippen molar-refractivity contribution in [2.45, 2.75) is 32.2 Å². The molecule has 0 saturated carbocycles. The smallest absolute Gasteiger partial charge is 0.312 e. The standard InChI is InChI=1S/C34H32ClN3O4/c1-2-9-30-36-32(35)29(22-39)38(30)20-23-14-16-24(17-15-23)27-18-19-37(21-28(27)34(41)42)33(40)31(25-10-5-3-6-11-25)26-12-7-4-8-13-26/h3-8,10-18,22,28,31H,2,9,19-21H2,1H3,(H,41,42). The lowest BCUT2D eigenvalue weighted by Gasteiger charge is -2.34. The van der Waals surface area contributed by atoms with Gasteiger partial charge in [0.15, 0.2) is 11.4 Å². The fourth-order valence-corrected chi connectivity index (χ4v) is 5.82. The number of amides is 1. The number of aliphatic carboxylic acids is 1. The fourth-order valence-electron chi connectivity index (χ4n) is 5.57. The van der Waals surface area contributed by atoms with E-state index in [2.05, 4.69) is 4.98 Å². The summed E-state index contributed by atoms with van der Waals surface area (Å²) < 4.78 is 1.83. The molecule has 4 aromatic rings. The maximum Gasteiger partial charge on any atom is 0.312 e. The predicted molar refractivity (Wildman–Crippen MR) is 163 cm³/mol. The molecule has 5 rings (SSSR count). The van der Waals surface area contributed by atoms with Crippen LogP contribution < -0.4 is 0 Å². The highest BCUT2D eigenvalue weighted by Gasteiger charge is 2.35. The number of benzene rings is 3. The number of carboxylic acid groups (broad SMARTS) is 1. The maximum absolute atomic E-state index is 13.9. The lowest BCUT2D eigenvalue weighted by Crippen LogP contribution is -2.43. The molecule has 42 heavy (non-hydrogen) atoms. The average molecular weight is 582 g/mol. The number of imidazole rings is 1. The monoisotopic (exact) mass is 581 g/mol. The Morgan fingerprint density at radius 1 is 1.00 bits per heavy atom. The Balaban J connectivity index is 1.39. The van der Waals surface area contributed by atoms with Crippen molar-refractivity contribution in [2.24, 2.45) is 5.92 Å². The predicted octanol–water partition coefficient (Wildman–Crippen LogP) is 6.11. The second-order valence-electron chi connectivity index (χ2n) is 10.4. The van der Waals surface area contributed by atoms with Crippen LogP contribution >= 0.6 is 11.6 Å². The Hall–Kier alpha value is -4.49. The topological polar surface area (TPSA) is 92.5 Å². The number of carbonyl (C=O) groups is 3. The first-order chi connectivity index (χ1) is 20.4. The summed E-state index contributed by atoms with van der Waals surface area (Å²) in [6.07, 6.45) is 4.14. The third-order valence-corrected chi connectivity index (χ3v) is 7.96. The number of aldehydes is 1. The van der Waals surface area contributed by atoms with Crippen LogP contribution in [0.5, 0.6) is 0 Å². The molecule has 214 valence electrons. The summed E-state index contributed by atoms with van der Waals surface area (Å²) in [4.78, 5) is 44.0. The van der Waals surface area contributed by atoms with E-state index in [1.807, 2.05) is 102 Å². The molecule has 0 bridgehead atoms. The molecule has 1 unspecified atom stereocenters. The second kappa shape index (κ2) is 13.0. The molecule has 1 N–H and O–H groups in total. The molecular formula is C34H32ClN3O4. The highest BCUT2D eigenvalue weighted by atomic mass is 35.5. The summed E-state index contributed by atoms with van der Waals surface area (Å²) >= 11 is 6.19. The summed E-state index contributed by atoms with van der Waals surface area (Å²) in [6, 6.07) is 26.8. The number of hydrogen-bond donors (Lipinski definition) is 1. The first-order valence-electron chi connectivity index (χ1n) is 14.0. The van der Waals surface area contributed by atoms with Gasteiger partial charge in [-0.2, -0.15) is 0 Å². The Bertz CT molecular complexity index is 1560. The van der Waals surface area contributed by atoms with Crippen LogP contribution in [-0.4, -0.2) is 50.8 Å². The summed E-state index contributed by atoms with van der Waals surface area (Å²) in [5.74, 6) is -1.75.